The van der Waals surface area contributed by atoms with Gasteiger partial charge in [-0.1, -0.05) is 72.8 Å². The fraction of sp³-hybridized carbons (Fsp3) is 0.194. The highest BCUT2D eigenvalue weighted by molar-refractivity contribution is 5.95. The van der Waals surface area contributed by atoms with Gasteiger partial charge in [0.15, 0.2) is 0 Å². The SMILES string of the molecule is NC(=O)c1cc(OCCN(Cc2ccccc2)CC(O)COc2ccc(-c3ccccc3)cc2)ccc1O. The molecule has 0 aliphatic heterocycles. The van der Waals surface area contributed by atoms with Crippen LogP contribution in [0.4, 0.5) is 0 Å². The fourth-order valence-corrected chi connectivity index (χ4v) is 4.09. The molecule has 0 heterocycles. The average Bonchev–Trinajstić information content (AvgIpc) is 2.94. The zero-order valence-corrected chi connectivity index (χ0v) is 21.1. The van der Waals surface area contributed by atoms with Gasteiger partial charge in [0.2, 0.25) is 0 Å². The zero-order chi connectivity index (χ0) is 26.7. The van der Waals surface area contributed by atoms with E-state index in [1.807, 2.05) is 72.8 Å². The number of aliphatic hydroxyl groups excluding tert-OH is 1. The minimum atomic E-state index is -0.725. The van der Waals surface area contributed by atoms with E-state index in [-0.39, 0.29) is 17.9 Å². The number of phenols is 1. The molecule has 1 unspecified atom stereocenters. The molecule has 4 rings (SSSR count). The Morgan fingerprint density at radius 2 is 1.45 bits per heavy atom. The summed E-state index contributed by atoms with van der Waals surface area (Å²) in [6, 6.07) is 32.3. The Balaban J connectivity index is 1.32. The van der Waals surface area contributed by atoms with Gasteiger partial charge in [-0.25, -0.2) is 0 Å². The lowest BCUT2D eigenvalue weighted by Crippen LogP contribution is -2.37. The number of benzene rings is 4. The predicted octanol–water partition coefficient (Wildman–Crippen LogP) is 4.48. The molecule has 4 aromatic carbocycles. The standard InChI is InChI=1S/C31H32N2O5/c32-31(36)29-19-28(15-16-30(29)35)37-18-17-33(20-23-7-3-1-4-8-23)21-26(34)22-38-27-13-11-25(12-14-27)24-9-5-2-6-10-24/h1-16,19,26,34-35H,17-18,20-22H2,(H2,32,36). The first kappa shape index (κ1) is 26.7. The highest BCUT2D eigenvalue weighted by Gasteiger charge is 2.15. The molecule has 0 fully saturated rings. The van der Waals surface area contributed by atoms with Gasteiger partial charge in [0.05, 0.1) is 5.56 Å². The maximum atomic E-state index is 11.5. The molecule has 0 aliphatic rings. The van der Waals surface area contributed by atoms with E-state index in [2.05, 4.69) is 17.0 Å². The molecular formula is C31H32N2O5. The van der Waals surface area contributed by atoms with Crippen molar-refractivity contribution in [2.75, 3.05) is 26.3 Å². The molecule has 7 nitrogen and oxygen atoms in total. The van der Waals surface area contributed by atoms with Crippen LogP contribution in [0, 0.1) is 0 Å². The average molecular weight is 513 g/mol. The number of rotatable bonds is 13. The van der Waals surface area contributed by atoms with Gasteiger partial charge in [0.1, 0.15) is 36.6 Å². The van der Waals surface area contributed by atoms with Gasteiger partial charge < -0.3 is 25.4 Å². The quantitative estimate of drug-likeness (QED) is 0.244. The number of amides is 1. The maximum absolute atomic E-state index is 11.5. The Morgan fingerprint density at radius 3 is 2.13 bits per heavy atom. The van der Waals surface area contributed by atoms with Crippen molar-refractivity contribution in [3.05, 3.63) is 114 Å². The van der Waals surface area contributed by atoms with Gasteiger partial charge in [-0.3, -0.25) is 9.69 Å². The summed E-state index contributed by atoms with van der Waals surface area (Å²) in [5.74, 6) is 0.211. The van der Waals surface area contributed by atoms with Crippen LogP contribution in [0.2, 0.25) is 0 Å². The fourth-order valence-electron chi connectivity index (χ4n) is 4.09. The van der Waals surface area contributed by atoms with E-state index in [9.17, 15) is 15.0 Å². The molecular weight excluding hydrogens is 480 g/mol. The van der Waals surface area contributed by atoms with E-state index in [1.54, 1.807) is 6.07 Å². The number of primary amides is 1. The van der Waals surface area contributed by atoms with Crippen molar-refractivity contribution in [3.8, 4) is 28.4 Å². The Morgan fingerprint density at radius 1 is 0.816 bits per heavy atom. The van der Waals surface area contributed by atoms with Crippen molar-refractivity contribution in [1.29, 1.82) is 0 Å². The van der Waals surface area contributed by atoms with E-state index >= 15 is 0 Å². The zero-order valence-electron chi connectivity index (χ0n) is 21.1. The van der Waals surface area contributed by atoms with Crippen molar-refractivity contribution in [3.63, 3.8) is 0 Å². The van der Waals surface area contributed by atoms with E-state index in [0.29, 0.717) is 37.7 Å². The van der Waals surface area contributed by atoms with E-state index in [4.69, 9.17) is 15.2 Å². The summed E-state index contributed by atoms with van der Waals surface area (Å²) >= 11 is 0. The maximum Gasteiger partial charge on any atom is 0.252 e. The Kier molecular flexibility index (Phi) is 9.34. The normalized spacial score (nSPS) is 11.7. The number of hydrogen-bond acceptors (Lipinski definition) is 6. The summed E-state index contributed by atoms with van der Waals surface area (Å²) in [6.45, 7) is 1.98. The van der Waals surface area contributed by atoms with Crippen LogP contribution < -0.4 is 15.2 Å². The van der Waals surface area contributed by atoms with E-state index in [0.717, 1.165) is 16.7 Å². The van der Waals surface area contributed by atoms with Crippen LogP contribution in [0.5, 0.6) is 17.2 Å². The van der Waals surface area contributed by atoms with Crippen LogP contribution >= 0.6 is 0 Å². The van der Waals surface area contributed by atoms with Crippen molar-refractivity contribution in [2.45, 2.75) is 12.6 Å². The molecule has 0 saturated carbocycles. The van der Waals surface area contributed by atoms with Crippen molar-refractivity contribution < 1.29 is 24.5 Å². The number of hydrogen-bond donors (Lipinski definition) is 3. The summed E-state index contributed by atoms with van der Waals surface area (Å²) in [7, 11) is 0. The number of nitrogens with zero attached hydrogens (tertiary/aromatic N) is 1. The molecule has 0 aromatic heterocycles. The number of carbonyl (C=O) groups excluding carboxylic acids is 1. The van der Waals surface area contributed by atoms with Gasteiger partial charge in [0.25, 0.3) is 5.91 Å². The first-order valence-corrected chi connectivity index (χ1v) is 12.5. The molecule has 7 heteroatoms. The molecule has 4 N–H and O–H groups in total. The lowest BCUT2D eigenvalue weighted by Gasteiger charge is -2.25. The van der Waals surface area contributed by atoms with E-state index in [1.165, 1.54) is 12.1 Å². The monoisotopic (exact) mass is 512 g/mol. The summed E-state index contributed by atoms with van der Waals surface area (Å²) in [5, 5.41) is 20.5. The lowest BCUT2D eigenvalue weighted by atomic mass is 10.1. The Hall–Kier alpha value is -4.33. The third-order valence-electron chi connectivity index (χ3n) is 6.03. The third kappa shape index (κ3) is 7.83. The topological polar surface area (TPSA) is 105 Å². The van der Waals surface area contributed by atoms with Gasteiger partial charge in [0, 0.05) is 19.6 Å². The molecule has 38 heavy (non-hydrogen) atoms. The predicted molar refractivity (Wildman–Crippen MR) is 147 cm³/mol. The number of ether oxygens (including phenoxy) is 2. The number of aliphatic hydroxyl groups is 1. The molecule has 196 valence electrons. The first-order valence-electron chi connectivity index (χ1n) is 12.5. The van der Waals surface area contributed by atoms with Crippen LogP contribution in [-0.4, -0.2) is 53.4 Å². The van der Waals surface area contributed by atoms with Crippen LogP contribution in [0.3, 0.4) is 0 Å². The van der Waals surface area contributed by atoms with Gasteiger partial charge >= 0.3 is 0 Å². The molecule has 0 aliphatic carbocycles. The van der Waals surface area contributed by atoms with Gasteiger partial charge in [-0.15, -0.1) is 0 Å². The minimum absolute atomic E-state index is 0.00742. The smallest absolute Gasteiger partial charge is 0.252 e. The molecule has 0 spiro atoms. The van der Waals surface area contributed by atoms with Crippen LogP contribution in [-0.2, 0) is 6.54 Å². The summed E-state index contributed by atoms with van der Waals surface area (Å²) in [4.78, 5) is 13.6. The van der Waals surface area contributed by atoms with Crippen molar-refractivity contribution in [2.24, 2.45) is 5.73 Å². The molecule has 1 atom stereocenters. The Bertz CT molecular complexity index is 1300. The van der Waals surface area contributed by atoms with Crippen molar-refractivity contribution in [1.82, 2.24) is 4.90 Å². The third-order valence-corrected chi connectivity index (χ3v) is 6.03. The molecule has 0 saturated heterocycles. The van der Waals surface area contributed by atoms with Crippen LogP contribution in [0.15, 0.2) is 103 Å². The highest BCUT2D eigenvalue weighted by atomic mass is 16.5. The molecule has 1 amide bonds. The van der Waals surface area contributed by atoms with Crippen LogP contribution in [0.1, 0.15) is 15.9 Å². The van der Waals surface area contributed by atoms with Crippen molar-refractivity contribution >= 4 is 5.91 Å². The second-order valence-electron chi connectivity index (χ2n) is 8.97. The molecule has 0 radical (unpaired) electrons. The second kappa shape index (κ2) is 13.3. The number of carbonyl (C=O) groups is 1. The number of aromatic hydroxyl groups is 1. The van der Waals surface area contributed by atoms with Crippen LogP contribution in [0.25, 0.3) is 11.1 Å². The number of nitrogens with two attached hydrogens (primary N) is 1. The molecule has 4 aromatic rings. The highest BCUT2D eigenvalue weighted by Crippen LogP contribution is 2.23. The second-order valence-corrected chi connectivity index (χ2v) is 8.97. The summed E-state index contributed by atoms with van der Waals surface area (Å²) in [6.07, 6.45) is -0.720. The largest absolute Gasteiger partial charge is 0.507 e. The van der Waals surface area contributed by atoms with Gasteiger partial charge in [-0.05, 0) is 47.0 Å². The Labute approximate surface area is 222 Å². The lowest BCUT2D eigenvalue weighted by molar-refractivity contribution is 0.0605. The minimum Gasteiger partial charge on any atom is -0.507 e. The summed E-state index contributed by atoms with van der Waals surface area (Å²) in [5.41, 5.74) is 8.66. The van der Waals surface area contributed by atoms with Gasteiger partial charge in [-0.2, -0.15) is 0 Å². The molecule has 0 bridgehead atoms. The summed E-state index contributed by atoms with van der Waals surface area (Å²) < 4.78 is 11.7. The first-order chi connectivity index (χ1) is 18.5. The van der Waals surface area contributed by atoms with E-state index < -0.39 is 12.0 Å².